The highest BCUT2D eigenvalue weighted by Crippen LogP contribution is 2.49. The van der Waals surface area contributed by atoms with Crippen molar-refractivity contribution >= 4 is 19.5 Å². The summed E-state index contributed by atoms with van der Waals surface area (Å²) in [5.74, 6) is -1.40. The highest BCUT2D eigenvalue weighted by molar-refractivity contribution is 7.52. The summed E-state index contributed by atoms with van der Waals surface area (Å²) in [5, 5.41) is 13.0. The number of nitrogens with two attached hydrogens (primary N) is 1. The van der Waals surface area contributed by atoms with Crippen molar-refractivity contribution < 1.29 is 37.4 Å². The molecule has 15 heteroatoms. The topological polar surface area (TPSA) is 186 Å². The van der Waals surface area contributed by atoms with Gasteiger partial charge in [0, 0.05) is 6.20 Å². The fourth-order valence-corrected chi connectivity index (χ4v) is 6.39. The van der Waals surface area contributed by atoms with Crippen LogP contribution in [0.4, 0.5) is 5.82 Å². The number of nitrogens with one attached hydrogen (secondary N) is 1. The number of anilines is 1. The molecule has 4 rings (SSSR count). The summed E-state index contributed by atoms with van der Waals surface area (Å²) in [5.41, 5.74) is 2.80. The van der Waals surface area contributed by atoms with Crippen LogP contribution in [0.5, 0.6) is 5.75 Å². The van der Waals surface area contributed by atoms with Crippen LogP contribution in [0.15, 0.2) is 47.4 Å². The molecule has 0 spiro atoms. The van der Waals surface area contributed by atoms with Crippen LogP contribution >= 0.6 is 7.75 Å². The van der Waals surface area contributed by atoms with Crippen LogP contribution in [0.25, 0.3) is 0 Å². The molecule has 14 nitrogen and oxygen atoms in total. The lowest BCUT2D eigenvalue weighted by molar-refractivity contribution is -0.218. The number of nitriles is 1. The van der Waals surface area contributed by atoms with E-state index in [0.717, 1.165) is 17.4 Å². The molecule has 3 heterocycles. The molecule has 2 fully saturated rings. The van der Waals surface area contributed by atoms with Gasteiger partial charge >= 0.3 is 19.4 Å². The third-order valence-corrected chi connectivity index (χ3v) is 8.90. The van der Waals surface area contributed by atoms with E-state index in [2.05, 4.69) is 10.1 Å². The minimum Gasteiger partial charge on any atom is -0.464 e. The standard InChI is InChI=1S/C28H38N5O9P/c1-6-19(7-2)15-37-25(34)18(3)32-43(36,42-20-11-9-8-10-12-20)38-16-21-23-24(41-27(4,5)40-23)28(17-29,39-21)33-14-13-22(30)31-26(33)35/h8-14,18-19,21,23-24H,6-7,15-16H2,1-5H3,(H,32,36)(H2,30,31,35). The quantitative estimate of drug-likeness (QED) is 0.246. The van der Waals surface area contributed by atoms with Crippen LogP contribution in [0.3, 0.4) is 0 Å². The van der Waals surface area contributed by atoms with E-state index < -0.39 is 61.9 Å². The Balaban J connectivity index is 1.58. The van der Waals surface area contributed by atoms with Crippen molar-refractivity contribution in [3.05, 3.63) is 53.1 Å². The molecule has 2 aromatic rings. The molecule has 3 N–H and O–H groups in total. The monoisotopic (exact) mass is 619 g/mol. The predicted octanol–water partition coefficient (Wildman–Crippen LogP) is 3.08. The summed E-state index contributed by atoms with van der Waals surface area (Å²) >= 11 is 0. The normalized spacial score (nSPS) is 26.3. The maximum absolute atomic E-state index is 14.1. The Labute approximate surface area is 250 Å². The first kappa shape index (κ1) is 32.6. The molecule has 0 radical (unpaired) electrons. The van der Waals surface area contributed by atoms with E-state index in [1.165, 1.54) is 19.2 Å². The molecule has 234 valence electrons. The zero-order valence-electron chi connectivity index (χ0n) is 24.8. The van der Waals surface area contributed by atoms with Crippen molar-refractivity contribution in [2.45, 2.75) is 83.3 Å². The van der Waals surface area contributed by atoms with Gasteiger partial charge in [0.2, 0.25) is 0 Å². The number of para-hydroxylation sites is 1. The van der Waals surface area contributed by atoms with E-state index in [-0.39, 0.29) is 24.1 Å². The number of carbonyl (C=O) groups excluding carboxylic acids is 1. The number of fused-ring (bicyclic) bond motifs is 1. The van der Waals surface area contributed by atoms with Crippen LogP contribution < -0.4 is 21.0 Å². The summed E-state index contributed by atoms with van der Waals surface area (Å²) < 4.78 is 50.2. The minimum atomic E-state index is -4.28. The number of aromatic nitrogens is 2. The van der Waals surface area contributed by atoms with Gasteiger partial charge in [-0.15, -0.1) is 0 Å². The van der Waals surface area contributed by atoms with Gasteiger partial charge in [0.05, 0.1) is 13.2 Å². The summed E-state index contributed by atoms with van der Waals surface area (Å²) in [6, 6.07) is 10.6. The SMILES string of the molecule is CCC(CC)COC(=O)C(C)NP(=O)(OCC1OC(C#N)(n2ccc(N)nc2=O)C2OC(C)(C)OC12)Oc1ccccc1. The van der Waals surface area contributed by atoms with Crippen LogP contribution in [-0.2, 0) is 38.6 Å². The number of hydrogen-bond donors (Lipinski definition) is 2. The fourth-order valence-electron chi connectivity index (χ4n) is 4.88. The molecular formula is C28H38N5O9P. The van der Waals surface area contributed by atoms with Gasteiger partial charge in [-0.2, -0.15) is 15.3 Å². The Morgan fingerprint density at radius 3 is 2.53 bits per heavy atom. The Morgan fingerprint density at radius 1 is 1.21 bits per heavy atom. The molecule has 1 aromatic carbocycles. The van der Waals surface area contributed by atoms with Crippen LogP contribution in [0.1, 0.15) is 47.5 Å². The van der Waals surface area contributed by atoms with Gasteiger partial charge in [-0.3, -0.25) is 13.9 Å². The van der Waals surface area contributed by atoms with Crippen LogP contribution in [0.2, 0.25) is 0 Å². The van der Waals surface area contributed by atoms with Gasteiger partial charge in [0.25, 0.3) is 5.72 Å². The van der Waals surface area contributed by atoms with Crippen molar-refractivity contribution in [3.8, 4) is 11.8 Å². The molecule has 0 bridgehead atoms. The van der Waals surface area contributed by atoms with Crippen molar-refractivity contribution in [1.29, 1.82) is 5.26 Å². The van der Waals surface area contributed by atoms with E-state index in [1.807, 2.05) is 19.9 Å². The third kappa shape index (κ3) is 7.26. The number of benzene rings is 1. The molecule has 2 aliphatic heterocycles. The maximum atomic E-state index is 14.1. The number of hydrogen-bond acceptors (Lipinski definition) is 12. The Kier molecular flexibility index (Phi) is 9.96. The van der Waals surface area contributed by atoms with Gasteiger partial charge < -0.3 is 29.2 Å². The lowest BCUT2D eigenvalue weighted by atomic mass is 10.0. The average Bonchev–Trinajstić information content (AvgIpc) is 3.44. The second-order valence-corrected chi connectivity index (χ2v) is 12.5. The zero-order valence-corrected chi connectivity index (χ0v) is 25.7. The second kappa shape index (κ2) is 13.1. The number of ether oxygens (including phenoxy) is 4. The average molecular weight is 620 g/mol. The summed E-state index contributed by atoms with van der Waals surface area (Å²) in [6.45, 7) is 8.59. The smallest absolute Gasteiger partial charge is 0.459 e. The first-order valence-corrected chi connectivity index (χ1v) is 15.6. The van der Waals surface area contributed by atoms with Crippen LogP contribution in [0, 0.1) is 17.2 Å². The highest BCUT2D eigenvalue weighted by atomic mass is 31.2. The zero-order chi connectivity index (χ0) is 31.4. The molecule has 43 heavy (non-hydrogen) atoms. The number of nitrogen functional groups attached to an aromatic ring is 1. The van der Waals surface area contributed by atoms with Crippen molar-refractivity contribution in [3.63, 3.8) is 0 Å². The highest BCUT2D eigenvalue weighted by Gasteiger charge is 2.65. The summed E-state index contributed by atoms with van der Waals surface area (Å²) in [4.78, 5) is 29.3. The molecule has 1 aromatic heterocycles. The van der Waals surface area contributed by atoms with Crippen molar-refractivity contribution in [2.24, 2.45) is 5.92 Å². The van der Waals surface area contributed by atoms with E-state index in [9.17, 15) is 19.4 Å². The molecular weight excluding hydrogens is 581 g/mol. The van der Waals surface area contributed by atoms with E-state index in [0.29, 0.717) is 0 Å². The summed E-state index contributed by atoms with van der Waals surface area (Å²) in [7, 11) is -4.28. The molecule has 0 aliphatic carbocycles. The lowest BCUT2D eigenvalue weighted by Gasteiger charge is -2.30. The minimum absolute atomic E-state index is 0.0367. The first-order valence-electron chi connectivity index (χ1n) is 14.1. The second-order valence-electron chi connectivity index (χ2n) is 10.9. The van der Waals surface area contributed by atoms with E-state index >= 15 is 0 Å². The molecule has 6 atom stereocenters. The Hall–Kier alpha value is -3.31. The van der Waals surface area contributed by atoms with Gasteiger partial charge in [-0.05, 0) is 44.9 Å². The largest absolute Gasteiger partial charge is 0.464 e. The molecule has 0 saturated carbocycles. The van der Waals surface area contributed by atoms with Crippen LogP contribution in [-0.4, -0.2) is 58.9 Å². The van der Waals surface area contributed by atoms with Gasteiger partial charge in [-0.25, -0.2) is 9.36 Å². The summed E-state index contributed by atoms with van der Waals surface area (Å²) in [6.07, 6.45) is -0.110. The van der Waals surface area contributed by atoms with Crippen molar-refractivity contribution in [1.82, 2.24) is 14.6 Å². The number of carbonyl (C=O) groups is 1. The van der Waals surface area contributed by atoms with Gasteiger partial charge in [0.1, 0.15) is 35.9 Å². The third-order valence-electron chi connectivity index (χ3n) is 7.25. The number of nitrogens with zero attached hydrogens (tertiary/aromatic N) is 3. The van der Waals surface area contributed by atoms with Gasteiger partial charge in [-0.1, -0.05) is 44.9 Å². The maximum Gasteiger partial charge on any atom is 0.459 e. The van der Waals surface area contributed by atoms with E-state index in [4.69, 9.17) is 33.7 Å². The predicted molar refractivity (Wildman–Crippen MR) is 153 cm³/mol. The first-order chi connectivity index (χ1) is 20.3. The molecule has 2 saturated heterocycles. The molecule has 0 amide bonds. The van der Waals surface area contributed by atoms with Crippen molar-refractivity contribution in [2.75, 3.05) is 18.9 Å². The lowest BCUT2D eigenvalue weighted by Crippen LogP contribution is -2.49. The number of rotatable bonds is 13. The molecule has 2 aliphatic rings. The molecule has 6 unspecified atom stereocenters. The Morgan fingerprint density at radius 2 is 1.91 bits per heavy atom. The Bertz CT molecular complexity index is 1430. The number of esters is 1. The van der Waals surface area contributed by atoms with Gasteiger partial charge in [0.15, 0.2) is 11.9 Å². The van der Waals surface area contributed by atoms with E-state index in [1.54, 1.807) is 44.2 Å². The fraction of sp³-hybridized carbons (Fsp3) is 0.571.